The highest BCUT2D eigenvalue weighted by Crippen LogP contribution is 2.28. The van der Waals surface area contributed by atoms with Crippen molar-refractivity contribution in [2.75, 3.05) is 60.7 Å². The quantitative estimate of drug-likeness (QED) is 0.329. The van der Waals surface area contributed by atoms with Crippen LogP contribution in [0.15, 0.2) is 58.0 Å². The first kappa shape index (κ1) is 28.4. The van der Waals surface area contributed by atoms with Gasteiger partial charge in [0.1, 0.15) is 23.9 Å². The molecule has 38 heavy (non-hydrogen) atoms. The number of morpholine rings is 1. The molecule has 0 spiro atoms. The lowest BCUT2D eigenvalue weighted by Gasteiger charge is -2.26. The zero-order valence-corrected chi connectivity index (χ0v) is 24.3. The Bertz CT molecular complexity index is 1350. The average Bonchev–Trinajstić information content (AvgIpc) is 2.91. The van der Waals surface area contributed by atoms with Gasteiger partial charge in [-0.15, -0.1) is 0 Å². The van der Waals surface area contributed by atoms with Crippen LogP contribution in [0.25, 0.3) is 0 Å². The van der Waals surface area contributed by atoms with E-state index in [9.17, 15) is 8.42 Å². The zero-order valence-electron chi connectivity index (χ0n) is 21.9. The molecule has 0 N–H and O–H groups in total. The molecule has 204 valence electrons. The average molecular weight is 606 g/mol. The number of rotatable bonds is 11. The van der Waals surface area contributed by atoms with Crippen LogP contribution in [0.1, 0.15) is 22.6 Å². The lowest BCUT2D eigenvalue weighted by atomic mass is 10.1. The molecule has 3 aromatic rings. The van der Waals surface area contributed by atoms with E-state index in [0.717, 1.165) is 49.9 Å². The summed E-state index contributed by atoms with van der Waals surface area (Å²) in [6.07, 6.45) is 2.47. The van der Waals surface area contributed by atoms with Crippen LogP contribution >= 0.6 is 15.9 Å². The molecule has 0 unspecified atom stereocenters. The van der Waals surface area contributed by atoms with Gasteiger partial charge in [0.05, 0.1) is 35.4 Å². The largest absolute Gasteiger partial charge is 0.496 e. The summed E-state index contributed by atoms with van der Waals surface area (Å²) in [4.78, 5) is 11.9. The van der Waals surface area contributed by atoms with E-state index in [4.69, 9.17) is 19.2 Å². The summed E-state index contributed by atoms with van der Waals surface area (Å²) in [7, 11) is 1.09. The molecule has 2 heterocycles. The summed E-state index contributed by atoms with van der Waals surface area (Å²) in [5.41, 5.74) is 2.27. The van der Waals surface area contributed by atoms with Gasteiger partial charge < -0.3 is 14.2 Å². The van der Waals surface area contributed by atoms with Crippen LogP contribution in [0.4, 0.5) is 0 Å². The fourth-order valence-corrected chi connectivity index (χ4v) is 5.65. The predicted octanol–water partition coefficient (Wildman–Crippen LogP) is 3.39. The number of aromatic nitrogens is 2. The van der Waals surface area contributed by atoms with E-state index in [1.165, 1.54) is 18.4 Å². The van der Waals surface area contributed by atoms with Gasteiger partial charge >= 0.3 is 0 Å². The number of hydrogen-bond acceptors (Lipinski definition) is 8. The zero-order chi connectivity index (χ0) is 27.1. The third-order valence-corrected chi connectivity index (χ3v) is 8.91. The first-order valence-corrected chi connectivity index (χ1v) is 14.6. The van der Waals surface area contributed by atoms with Gasteiger partial charge in [0.2, 0.25) is 10.0 Å². The first-order chi connectivity index (χ1) is 18.3. The predicted molar refractivity (Wildman–Crippen MR) is 148 cm³/mol. The number of halogens is 1. The molecule has 0 atom stereocenters. The van der Waals surface area contributed by atoms with Gasteiger partial charge in [-0.05, 0) is 45.8 Å². The van der Waals surface area contributed by atoms with E-state index >= 15 is 0 Å². The summed E-state index contributed by atoms with van der Waals surface area (Å²) >= 11 is 3.54. The van der Waals surface area contributed by atoms with E-state index in [2.05, 4.69) is 25.8 Å². The Morgan fingerprint density at radius 1 is 1.08 bits per heavy atom. The Morgan fingerprint density at radius 2 is 1.84 bits per heavy atom. The highest BCUT2D eigenvalue weighted by Gasteiger charge is 2.22. The van der Waals surface area contributed by atoms with Crippen molar-refractivity contribution in [2.24, 2.45) is 0 Å². The smallest absolute Gasteiger partial charge is 0.242 e. The molecule has 1 aromatic heterocycles. The summed E-state index contributed by atoms with van der Waals surface area (Å²) in [5, 5.41) is 0. The summed E-state index contributed by atoms with van der Waals surface area (Å²) in [5.74, 6) is 2.08. The molecule has 1 fully saturated rings. The topological polar surface area (TPSA) is 94.1 Å². The highest BCUT2D eigenvalue weighted by molar-refractivity contribution is 9.10. The Morgan fingerprint density at radius 3 is 2.58 bits per heavy atom. The fourth-order valence-electron chi connectivity index (χ4n) is 4.20. The number of nitrogens with zero attached hydrogens (tertiary/aromatic N) is 4. The molecule has 0 radical (unpaired) electrons. The molecular formula is C27H33BrN4O5S. The second-order valence-electron chi connectivity index (χ2n) is 9.11. The maximum Gasteiger partial charge on any atom is 0.242 e. The van der Waals surface area contributed by atoms with Crippen molar-refractivity contribution in [2.45, 2.75) is 17.7 Å². The van der Waals surface area contributed by atoms with Crippen LogP contribution in [0.3, 0.4) is 0 Å². The summed E-state index contributed by atoms with van der Waals surface area (Å²) in [6, 6.07) is 12.7. The number of sulfonamides is 1. The van der Waals surface area contributed by atoms with Crippen molar-refractivity contribution in [1.82, 2.24) is 19.2 Å². The van der Waals surface area contributed by atoms with Crippen molar-refractivity contribution in [3.05, 3.63) is 75.8 Å². The molecule has 0 aliphatic carbocycles. The Balaban J connectivity index is 1.51. The van der Waals surface area contributed by atoms with Gasteiger partial charge in [-0.25, -0.2) is 22.7 Å². The van der Waals surface area contributed by atoms with Crippen LogP contribution in [-0.2, 0) is 27.6 Å². The Hall–Kier alpha value is -2.57. The van der Waals surface area contributed by atoms with E-state index < -0.39 is 10.0 Å². The fraction of sp³-hybridized carbons (Fsp3) is 0.407. The van der Waals surface area contributed by atoms with E-state index in [0.29, 0.717) is 41.0 Å². The van der Waals surface area contributed by atoms with Crippen LogP contribution in [0.2, 0.25) is 0 Å². The second kappa shape index (κ2) is 13.0. The lowest BCUT2D eigenvalue weighted by Crippen LogP contribution is -2.38. The van der Waals surface area contributed by atoms with Crippen LogP contribution in [-0.4, -0.2) is 88.3 Å². The van der Waals surface area contributed by atoms with E-state index in [1.54, 1.807) is 25.4 Å². The van der Waals surface area contributed by atoms with Crippen LogP contribution in [0.5, 0.6) is 11.5 Å². The van der Waals surface area contributed by atoms with Crippen LogP contribution in [0, 0.1) is 0 Å². The first-order valence-electron chi connectivity index (χ1n) is 12.4. The van der Waals surface area contributed by atoms with Gasteiger partial charge in [0, 0.05) is 58.3 Å². The molecule has 11 heteroatoms. The van der Waals surface area contributed by atoms with Crippen molar-refractivity contribution in [3.8, 4) is 11.5 Å². The third kappa shape index (κ3) is 7.09. The number of ether oxygens (including phenoxy) is 3. The molecule has 2 aromatic carbocycles. The Kier molecular flexibility index (Phi) is 9.72. The number of hydrogen-bond donors (Lipinski definition) is 0. The number of methoxy groups -OCH3 is 1. The minimum atomic E-state index is -3.59. The van der Waals surface area contributed by atoms with Crippen LogP contribution < -0.4 is 9.47 Å². The maximum absolute atomic E-state index is 12.9. The van der Waals surface area contributed by atoms with E-state index in [-0.39, 0.29) is 4.90 Å². The molecule has 0 amide bonds. The highest BCUT2D eigenvalue weighted by atomic mass is 79.9. The minimum absolute atomic E-state index is 0.265. The number of benzene rings is 2. The summed E-state index contributed by atoms with van der Waals surface area (Å²) in [6.45, 7) is 4.80. The van der Waals surface area contributed by atoms with Gasteiger partial charge in [-0.3, -0.25) is 4.90 Å². The van der Waals surface area contributed by atoms with Gasteiger partial charge in [0.15, 0.2) is 0 Å². The van der Waals surface area contributed by atoms with Crippen molar-refractivity contribution < 1.29 is 22.6 Å². The van der Waals surface area contributed by atoms with Gasteiger partial charge in [-0.2, -0.15) is 0 Å². The molecule has 9 nitrogen and oxygen atoms in total. The van der Waals surface area contributed by atoms with Crippen molar-refractivity contribution in [3.63, 3.8) is 0 Å². The second-order valence-corrected chi connectivity index (χ2v) is 12.1. The molecular weight excluding hydrogens is 572 g/mol. The maximum atomic E-state index is 12.9. The molecule has 1 aliphatic rings. The SMILES string of the molecule is COc1ccc(OCCN2CCOCC2)cc1Cc1ncc(Br)c(Cc2ccccc2S(=O)(=O)N(C)C)n1. The van der Waals surface area contributed by atoms with Gasteiger partial charge in [0.25, 0.3) is 0 Å². The van der Waals surface area contributed by atoms with E-state index in [1.807, 2.05) is 30.3 Å². The molecule has 1 saturated heterocycles. The molecule has 4 rings (SSSR count). The van der Waals surface area contributed by atoms with Gasteiger partial charge in [-0.1, -0.05) is 18.2 Å². The molecule has 0 bridgehead atoms. The third-order valence-electron chi connectivity index (χ3n) is 6.34. The van der Waals surface area contributed by atoms with Crippen molar-refractivity contribution >= 4 is 26.0 Å². The monoisotopic (exact) mass is 604 g/mol. The normalized spacial score (nSPS) is 14.6. The molecule has 1 aliphatic heterocycles. The molecule has 0 saturated carbocycles. The van der Waals surface area contributed by atoms with Crippen molar-refractivity contribution in [1.29, 1.82) is 0 Å². The Labute approximate surface area is 232 Å². The minimum Gasteiger partial charge on any atom is -0.496 e. The standard InChI is InChI=1S/C27H33BrN4O5S/c1-31(2)38(33,34)26-7-5-4-6-20(26)17-24-23(28)19-29-27(30-24)18-21-16-22(8-9-25(21)35-3)37-15-12-32-10-13-36-14-11-32/h4-9,16,19H,10-15,17-18H2,1-3H3. The lowest BCUT2D eigenvalue weighted by molar-refractivity contribution is 0.0322. The summed E-state index contributed by atoms with van der Waals surface area (Å²) < 4.78 is 44.6.